The second-order valence-electron chi connectivity index (χ2n) is 8.74. The van der Waals surface area contributed by atoms with E-state index >= 15 is 0 Å². The number of hydrogen-bond acceptors (Lipinski definition) is 9. The van der Waals surface area contributed by atoms with E-state index in [-0.39, 0.29) is 26.1 Å². The number of thioether (sulfide) groups is 1. The first-order valence-corrected chi connectivity index (χ1v) is 15.0. The highest BCUT2D eigenvalue weighted by molar-refractivity contribution is 7.98. The average molecular weight is 604 g/mol. The molecule has 0 spiro atoms. The molecule has 6 rings (SSSR count). The number of rotatable bonds is 6. The van der Waals surface area contributed by atoms with E-state index < -0.39 is 9.84 Å². The molecule has 0 amide bonds. The van der Waals surface area contributed by atoms with Gasteiger partial charge in [0.25, 0.3) is 0 Å². The van der Waals surface area contributed by atoms with Crippen molar-refractivity contribution in [3.8, 4) is 11.8 Å². The number of ether oxygens (including phenoxy) is 2. The van der Waals surface area contributed by atoms with Crippen LogP contribution in [0.15, 0.2) is 22.7 Å². The van der Waals surface area contributed by atoms with Crippen LogP contribution in [-0.4, -0.2) is 62.2 Å². The zero-order chi connectivity index (χ0) is 25.8. The van der Waals surface area contributed by atoms with Crippen molar-refractivity contribution in [1.29, 1.82) is 0 Å². The van der Waals surface area contributed by atoms with E-state index in [9.17, 15) is 8.42 Å². The Balaban J connectivity index is 0.000000201. The standard InChI is InChI=1S/C11H12ClN3O3S.C11H12ClN3OS.2CH4/c1-15-9-7(14-11(15)19(2,16)17)5-13-10(8(9)12)18-6-3-4-6;1-15-9-7(14-11(15)17-2)5-13-10(8(9)12)16-6-3-4-6;;/h5-6H,3-4H2,1-2H3;5-6H,3-4H2,1-2H3;2*1H4. The van der Waals surface area contributed by atoms with Crippen molar-refractivity contribution in [2.75, 3.05) is 12.5 Å². The number of aromatic nitrogens is 6. The van der Waals surface area contributed by atoms with Crippen LogP contribution in [0.1, 0.15) is 40.5 Å². The van der Waals surface area contributed by atoms with Gasteiger partial charge in [-0.1, -0.05) is 49.8 Å². The van der Waals surface area contributed by atoms with E-state index in [1.54, 1.807) is 25.0 Å². The fourth-order valence-electron chi connectivity index (χ4n) is 3.62. The summed E-state index contributed by atoms with van der Waals surface area (Å²) < 4.78 is 37.9. The fraction of sp³-hybridized carbons (Fsp3) is 0.500. The molecule has 0 bridgehead atoms. The lowest BCUT2D eigenvalue weighted by Crippen LogP contribution is -2.06. The molecule has 0 saturated heterocycles. The average Bonchev–Trinajstić information content (AvgIpc) is 3.75. The number of pyridine rings is 2. The van der Waals surface area contributed by atoms with Gasteiger partial charge < -0.3 is 18.6 Å². The number of imidazole rings is 2. The van der Waals surface area contributed by atoms with E-state index in [4.69, 9.17) is 32.7 Å². The Morgan fingerprint density at radius 3 is 1.74 bits per heavy atom. The number of fused-ring (bicyclic) bond motifs is 2. The van der Waals surface area contributed by atoms with Gasteiger partial charge >= 0.3 is 0 Å². The van der Waals surface area contributed by atoms with E-state index in [0.29, 0.717) is 38.9 Å². The minimum Gasteiger partial charge on any atom is -0.473 e. The highest BCUT2D eigenvalue weighted by Gasteiger charge is 2.28. The van der Waals surface area contributed by atoms with Gasteiger partial charge in [0.15, 0.2) is 5.16 Å². The van der Waals surface area contributed by atoms with Crippen molar-refractivity contribution in [1.82, 2.24) is 29.1 Å². The van der Waals surface area contributed by atoms with Crippen molar-refractivity contribution in [2.24, 2.45) is 14.1 Å². The molecule has 38 heavy (non-hydrogen) atoms. The van der Waals surface area contributed by atoms with Gasteiger partial charge in [0.05, 0.1) is 23.4 Å². The van der Waals surface area contributed by atoms with Gasteiger partial charge in [0.2, 0.25) is 26.8 Å². The summed E-state index contributed by atoms with van der Waals surface area (Å²) in [5.41, 5.74) is 2.66. The first-order chi connectivity index (χ1) is 17.1. The monoisotopic (exact) mass is 602 g/mol. The van der Waals surface area contributed by atoms with E-state index in [1.165, 1.54) is 10.8 Å². The Bertz CT molecular complexity index is 1580. The topological polar surface area (TPSA) is 114 Å². The minimum atomic E-state index is -3.41. The normalized spacial score (nSPS) is 14.9. The van der Waals surface area contributed by atoms with Crippen LogP contribution in [0.5, 0.6) is 11.8 Å². The van der Waals surface area contributed by atoms with Crippen LogP contribution in [0, 0.1) is 0 Å². The molecule has 0 atom stereocenters. The molecule has 0 aromatic carbocycles. The molecule has 208 valence electrons. The summed E-state index contributed by atoms with van der Waals surface area (Å²) in [4.78, 5) is 16.8. The number of halogens is 2. The molecule has 2 saturated carbocycles. The molecule has 4 aromatic heterocycles. The first kappa shape index (κ1) is 30.3. The fourth-order valence-corrected chi connectivity index (χ4v) is 5.66. The lowest BCUT2D eigenvalue weighted by atomic mass is 10.4. The van der Waals surface area contributed by atoms with E-state index in [2.05, 4.69) is 19.9 Å². The van der Waals surface area contributed by atoms with Crippen molar-refractivity contribution >= 4 is 66.9 Å². The molecule has 4 heterocycles. The van der Waals surface area contributed by atoms with Crippen molar-refractivity contribution in [2.45, 2.75) is 63.1 Å². The molecule has 10 nitrogen and oxygen atoms in total. The summed E-state index contributed by atoms with van der Waals surface area (Å²) in [7, 11) is 0.151. The Labute approximate surface area is 237 Å². The van der Waals surface area contributed by atoms with E-state index in [1.807, 2.05) is 17.9 Å². The quantitative estimate of drug-likeness (QED) is 0.255. The predicted octanol–water partition coefficient (Wildman–Crippen LogP) is 5.72. The molecule has 2 aliphatic rings. The molecule has 0 aliphatic heterocycles. The molecule has 2 aliphatic carbocycles. The maximum atomic E-state index is 11.6. The van der Waals surface area contributed by atoms with Gasteiger partial charge in [-0.15, -0.1) is 0 Å². The number of sulfone groups is 1. The molecule has 0 unspecified atom stereocenters. The number of hydrogen-bond donors (Lipinski definition) is 0. The van der Waals surface area contributed by atoms with Crippen molar-refractivity contribution < 1.29 is 17.9 Å². The summed E-state index contributed by atoms with van der Waals surface area (Å²) in [6.45, 7) is 0. The van der Waals surface area contributed by atoms with Gasteiger partial charge in [-0.05, 0) is 31.9 Å². The second kappa shape index (κ2) is 11.4. The number of aryl methyl sites for hydroxylation is 2. The smallest absolute Gasteiger partial charge is 0.235 e. The minimum absolute atomic E-state index is 0. The van der Waals surface area contributed by atoms with Crippen LogP contribution < -0.4 is 9.47 Å². The highest BCUT2D eigenvalue weighted by Crippen LogP contribution is 2.36. The third-order valence-electron chi connectivity index (χ3n) is 5.68. The molecule has 0 N–H and O–H groups in total. The number of nitrogens with zero attached hydrogens (tertiary/aromatic N) is 6. The summed E-state index contributed by atoms with van der Waals surface area (Å²) in [6.07, 6.45) is 10.9. The van der Waals surface area contributed by atoms with Gasteiger partial charge in [-0.3, -0.25) is 0 Å². The van der Waals surface area contributed by atoms with Crippen LogP contribution in [-0.2, 0) is 23.9 Å². The third kappa shape index (κ3) is 5.98. The van der Waals surface area contributed by atoms with Crippen LogP contribution in [0.25, 0.3) is 22.1 Å². The zero-order valence-corrected chi connectivity index (χ0v) is 23.2. The van der Waals surface area contributed by atoms with Gasteiger partial charge in [0, 0.05) is 20.4 Å². The first-order valence-electron chi connectivity index (χ1n) is 11.2. The van der Waals surface area contributed by atoms with E-state index in [0.717, 1.165) is 48.1 Å². The van der Waals surface area contributed by atoms with Crippen LogP contribution in [0.3, 0.4) is 0 Å². The molecule has 2 fully saturated rings. The maximum Gasteiger partial charge on any atom is 0.235 e. The second-order valence-corrected chi connectivity index (χ2v) is 12.2. The molecular weight excluding hydrogens is 571 g/mol. The summed E-state index contributed by atoms with van der Waals surface area (Å²) in [5.74, 6) is 0.858. The van der Waals surface area contributed by atoms with Crippen LogP contribution in [0.4, 0.5) is 0 Å². The Morgan fingerprint density at radius 1 is 0.868 bits per heavy atom. The van der Waals surface area contributed by atoms with Crippen molar-refractivity contribution in [3.63, 3.8) is 0 Å². The molecule has 0 radical (unpaired) electrons. The highest BCUT2D eigenvalue weighted by atomic mass is 35.5. The Kier molecular flexibility index (Phi) is 9.12. The van der Waals surface area contributed by atoms with Gasteiger partial charge in [-0.25, -0.2) is 28.4 Å². The molecule has 4 aromatic rings. The largest absolute Gasteiger partial charge is 0.473 e. The predicted molar refractivity (Wildman–Crippen MR) is 153 cm³/mol. The summed E-state index contributed by atoms with van der Waals surface area (Å²) >= 11 is 14.2. The lowest BCUT2D eigenvalue weighted by molar-refractivity contribution is 0.291. The Hall–Kier alpha value is -2.28. The van der Waals surface area contributed by atoms with Crippen molar-refractivity contribution in [3.05, 3.63) is 22.4 Å². The van der Waals surface area contributed by atoms with Crippen LogP contribution >= 0.6 is 35.0 Å². The molecular formula is C24H32Cl2N6O4S2. The Morgan fingerprint density at radius 2 is 1.32 bits per heavy atom. The summed E-state index contributed by atoms with van der Waals surface area (Å²) in [5, 5.41) is 1.75. The molecule has 14 heteroatoms. The van der Waals surface area contributed by atoms with Gasteiger partial charge in [-0.2, -0.15) is 0 Å². The lowest BCUT2D eigenvalue weighted by Gasteiger charge is -2.06. The third-order valence-corrected chi connectivity index (χ3v) is 8.12. The maximum absolute atomic E-state index is 11.6. The van der Waals surface area contributed by atoms with Crippen LogP contribution in [0.2, 0.25) is 10.0 Å². The summed E-state index contributed by atoms with van der Waals surface area (Å²) in [6, 6.07) is 0. The SMILES string of the molecule is C.C.CSc1nc2cnc(OC3CC3)c(Cl)c2n1C.Cn1c(S(C)(=O)=O)nc2cnc(OC3CC3)c(Cl)c21. The zero-order valence-electron chi connectivity index (χ0n) is 20.0. The van der Waals surface area contributed by atoms with Gasteiger partial charge in [0.1, 0.15) is 33.3 Å².